The third-order valence-corrected chi connectivity index (χ3v) is 5.34. The van der Waals surface area contributed by atoms with E-state index in [0.29, 0.717) is 58.9 Å². The summed E-state index contributed by atoms with van der Waals surface area (Å²) in [6.07, 6.45) is 1.23. The number of nitrogens with zero attached hydrogens (tertiary/aromatic N) is 3. The number of carbonyl (C=O) groups excluding carboxylic acids is 3. The summed E-state index contributed by atoms with van der Waals surface area (Å²) in [4.78, 5) is 41.8. The Morgan fingerprint density at radius 1 is 0.920 bits per heavy atom. The second-order valence-electron chi connectivity index (χ2n) is 6.21. The number of amides is 3. The molecule has 3 heterocycles. The highest BCUT2D eigenvalue weighted by Crippen LogP contribution is 2.11. The molecular weight excluding hydrogens is 342 g/mol. The summed E-state index contributed by atoms with van der Waals surface area (Å²) >= 11 is 1.63. The SMILES string of the molecule is O=C(CCc1ccsc1)N1CCN(C(=O)C(=O)N2CCOCC2)CC1. The average molecular weight is 365 g/mol. The van der Waals surface area contributed by atoms with Gasteiger partial charge in [-0.2, -0.15) is 11.3 Å². The van der Waals surface area contributed by atoms with Crippen molar-refractivity contribution in [2.75, 3.05) is 52.5 Å². The van der Waals surface area contributed by atoms with Crippen LogP contribution in [0.25, 0.3) is 0 Å². The summed E-state index contributed by atoms with van der Waals surface area (Å²) in [6.45, 7) is 3.70. The predicted molar refractivity (Wildman–Crippen MR) is 93.2 cm³/mol. The molecule has 3 amide bonds. The van der Waals surface area contributed by atoms with E-state index in [1.54, 1.807) is 26.0 Å². The van der Waals surface area contributed by atoms with E-state index in [2.05, 4.69) is 5.38 Å². The fourth-order valence-corrected chi connectivity index (χ4v) is 3.74. The molecule has 7 nitrogen and oxygen atoms in total. The molecule has 2 aliphatic heterocycles. The van der Waals surface area contributed by atoms with E-state index < -0.39 is 11.8 Å². The second-order valence-corrected chi connectivity index (χ2v) is 6.99. The zero-order valence-corrected chi connectivity index (χ0v) is 15.0. The number of morpholine rings is 1. The van der Waals surface area contributed by atoms with E-state index in [1.807, 2.05) is 11.4 Å². The van der Waals surface area contributed by atoms with Gasteiger partial charge in [-0.05, 0) is 28.8 Å². The van der Waals surface area contributed by atoms with Gasteiger partial charge in [-0.1, -0.05) is 0 Å². The molecule has 0 saturated carbocycles. The van der Waals surface area contributed by atoms with E-state index in [-0.39, 0.29) is 5.91 Å². The molecule has 0 aliphatic carbocycles. The number of thiophene rings is 1. The zero-order chi connectivity index (χ0) is 17.6. The van der Waals surface area contributed by atoms with Gasteiger partial charge in [0.25, 0.3) is 0 Å². The molecule has 0 radical (unpaired) electrons. The van der Waals surface area contributed by atoms with Crippen molar-refractivity contribution in [3.8, 4) is 0 Å². The van der Waals surface area contributed by atoms with Crippen LogP contribution < -0.4 is 0 Å². The third-order valence-electron chi connectivity index (χ3n) is 4.61. The first kappa shape index (κ1) is 17.9. The van der Waals surface area contributed by atoms with E-state index in [9.17, 15) is 14.4 Å². The van der Waals surface area contributed by atoms with E-state index in [1.165, 1.54) is 5.56 Å². The fourth-order valence-electron chi connectivity index (χ4n) is 3.04. The van der Waals surface area contributed by atoms with Crippen molar-refractivity contribution in [2.45, 2.75) is 12.8 Å². The average Bonchev–Trinajstić information content (AvgIpc) is 3.19. The maximum Gasteiger partial charge on any atom is 0.312 e. The van der Waals surface area contributed by atoms with Crippen LogP contribution in [-0.2, 0) is 25.5 Å². The topological polar surface area (TPSA) is 70.2 Å². The van der Waals surface area contributed by atoms with Crippen LogP contribution in [0.3, 0.4) is 0 Å². The van der Waals surface area contributed by atoms with Crippen molar-refractivity contribution in [1.82, 2.24) is 14.7 Å². The Kier molecular flexibility index (Phi) is 6.04. The Balaban J connectivity index is 1.43. The van der Waals surface area contributed by atoms with Gasteiger partial charge in [0.15, 0.2) is 0 Å². The van der Waals surface area contributed by atoms with Crippen molar-refractivity contribution in [1.29, 1.82) is 0 Å². The molecule has 0 bridgehead atoms. The van der Waals surface area contributed by atoms with Crippen LogP contribution in [0, 0.1) is 0 Å². The minimum Gasteiger partial charge on any atom is -0.378 e. The Morgan fingerprint density at radius 3 is 2.12 bits per heavy atom. The van der Waals surface area contributed by atoms with Crippen molar-refractivity contribution >= 4 is 29.1 Å². The standard InChI is InChI=1S/C17H23N3O4S/c21-15(2-1-14-3-12-25-13-14)18-4-6-19(7-5-18)16(22)17(23)20-8-10-24-11-9-20/h3,12-13H,1-2,4-11H2. The Morgan fingerprint density at radius 2 is 1.52 bits per heavy atom. The lowest BCUT2D eigenvalue weighted by atomic mass is 10.1. The van der Waals surface area contributed by atoms with Crippen LogP contribution in [0.2, 0.25) is 0 Å². The molecule has 0 unspecified atom stereocenters. The quantitative estimate of drug-likeness (QED) is 0.718. The highest BCUT2D eigenvalue weighted by Gasteiger charge is 2.31. The van der Waals surface area contributed by atoms with Crippen molar-refractivity contribution in [3.05, 3.63) is 22.4 Å². The van der Waals surface area contributed by atoms with Crippen LogP contribution in [0.4, 0.5) is 0 Å². The molecular formula is C17H23N3O4S. The van der Waals surface area contributed by atoms with E-state index in [4.69, 9.17) is 4.74 Å². The number of rotatable bonds is 3. The molecule has 2 aliphatic rings. The molecule has 1 aromatic rings. The molecule has 3 rings (SSSR count). The first-order valence-electron chi connectivity index (χ1n) is 8.60. The Hall–Kier alpha value is -1.93. The van der Waals surface area contributed by atoms with Crippen LogP contribution in [-0.4, -0.2) is 84.9 Å². The van der Waals surface area contributed by atoms with Crippen molar-refractivity contribution in [2.24, 2.45) is 0 Å². The fraction of sp³-hybridized carbons (Fsp3) is 0.588. The van der Waals surface area contributed by atoms with Gasteiger partial charge in [-0.15, -0.1) is 0 Å². The summed E-state index contributed by atoms with van der Waals surface area (Å²) < 4.78 is 5.20. The molecule has 2 fully saturated rings. The first-order chi connectivity index (χ1) is 12.1. The summed E-state index contributed by atoms with van der Waals surface area (Å²) in [5, 5.41) is 4.07. The van der Waals surface area contributed by atoms with Crippen LogP contribution in [0.1, 0.15) is 12.0 Å². The molecule has 25 heavy (non-hydrogen) atoms. The summed E-state index contributed by atoms with van der Waals surface area (Å²) in [5.74, 6) is -0.814. The van der Waals surface area contributed by atoms with Crippen LogP contribution in [0.15, 0.2) is 16.8 Å². The molecule has 2 saturated heterocycles. The van der Waals surface area contributed by atoms with Gasteiger partial charge in [0, 0.05) is 45.7 Å². The molecule has 8 heteroatoms. The van der Waals surface area contributed by atoms with E-state index >= 15 is 0 Å². The summed E-state index contributed by atoms with van der Waals surface area (Å²) in [7, 11) is 0. The van der Waals surface area contributed by atoms with Gasteiger partial charge in [-0.3, -0.25) is 14.4 Å². The molecule has 1 aromatic heterocycles. The number of ether oxygens (including phenoxy) is 1. The first-order valence-corrected chi connectivity index (χ1v) is 9.54. The lowest BCUT2D eigenvalue weighted by molar-refractivity contribution is -0.155. The summed E-state index contributed by atoms with van der Waals surface area (Å²) in [6, 6.07) is 2.03. The monoisotopic (exact) mass is 365 g/mol. The summed E-state index contributed by atoms with van der Waals surface area (Å²) in [5.41, 5.74) is 1.18. The maximum atomic E-state index is 12.3. The van der Waals surface area contributed by atoms with Gasteiger partial charge in [0.2, 0.25) is 5.91 Å². The van der Waals surface area contributed by atoms with Gasteiger partial charge >= 0.3 is 11.8 Å². The second kappa shape index (κ2) is 8.44. The minimum atomic E-state index is -0.465. The zero-order valence-electron chi connectivity index (χ0n) is 14.2. The number of aryl methyl sites for hydroxylation is 1. The molecule has 0 spiro atoms. The van der Waals surface area contributed by atoms with Gasteiger partial charge in [0.05, 0.1) is 13.2 Å². The molecule has 0 aromatic carbocycles. The number of hydrogen-bond donors (Lipinski definition) is 0. The maximum absolute atomic E-state index is 12.3. The van der Waals surface area contributed by atoms with Gasteiger partial charge < -0.3 is 19.4 Å². The number of piperazine rings is 1. The smallest absolute Gasteiger partial charge is 0.312 e. The van der Waals surface area contributed by atoms with Gasteiger partial charge in [-0.25, -0.2) is 0 Å². The molecule has 136 valence electrons. The van der Waals surface area contributed by atoms with E-state index in [0.717, 1.165) is 6.42 Å². The third kappa shape index (κ3) is 4.58. The predicted octanol–water partition coefficient (Wildman–Crippen LogP) is 0.210. The van der Waals surface area contributed by atoms with Crippen LogP contribution in [0.5, 0.6) is 0 Å². The Labute approximate surface area is 151 Å². The lowest BCUT2D eigenvalue weighted by Crippen LogP contribution is -2.55. The van der Waals surface area contributed by atoms with Gasteiger partial charge in [0.1, 0.15) is 0 Å². The largest absolute Gasteiger partial charge is 0.378 e. The Bertz CT molecular complexity index is 605. The number of carbonyl (C=O) groups is 3. The number of hydrogen-bond acceptors (Lipinski definition) is 5. The highest BCUT2D eigenvalue weighted by atomic mass is 32.1. The molecule has 0 atom stereocenters. The highest BCUT2D eigenvalue weighted by molar-refractivity contribution is 7.07. The lowest BCUT2D eigenvalue weighted by Gasteiger charge is -2.36. The normalized spacial score (nSPS) is 18.3. The minimum absolute atomic E-state index is 0.109. The van der Waals surface area contributed by atoms with Crippen molar-refractivity contribution in [3.63, 3.8) is 0 Å². The van der Waals surface area contributed by atoms with Crippen LogP contribution >= 0.6 is 11.3 Å². The molecule has 0 N–H and O–H groups in total. The van der Waals surface area contributed by atoms with Crippen molar-refractivity contribution < 1.29 is 19.1 Å².